The van der Waals surface area contributed by atoms with Crippen LogP contribution in [0.1, 0.15) is 20.3 Å². The van der Waals surface area contributed by atoms with Crippen molar-refractivity contribution in [3.8, 4) is 5.88 Å². The molecule has 1 rings (SSSR count). The average molecular weight is 212 g/mol. The zero-order chi connectivity index (χ0) is 11.3. The van der Waals surface area contributed by atoms with Gasteiger partial charge in [0.25, 0.3) is 5.88 Å². The average Bonchev–Trinajstić information content (AvgIpc) is 2.21. The molecule has 1 aromatic rings. The van der Waals surface area contributed by atoms with Crippen LogP contribution in [0.5, 0.6) is 5.88 Å². The summed E-state index contributed by atoms with van der Waals surface area (Å²) in [6.07, 6.45) is 3.64. The third-order valence-corrected chi connectivity index (χ3v) is 2.17. The van der Waals surface area contributed by atoms with Crippen LogP contribution in [0.3, 0.4) is 0 Å². The zero-order valence-corrected chi connectivity index (χ0v) is 9.24. The van der Waals surface area contributed by atoms with Gasteiger partial charge in [-0.05, 0) is 13.8 Å². The van der Waals surface area contributed by atoms with Crippen molar-refractivity contribution in [2.24, 2.45) is 0 Å². The van der Waals surface area contributed by atoms with Crippen LogP contribution in [0, 0.1) is 0 Å². The molecule has 0 aliphatic heterocycles. The van der Waals surface area contributed by atoms with Crippen LogP contribution in [0.25, 0.3) is 0 Å². The van der Waals surface area contributed by atoms with E-state index in [2.05, 4.69) is 9.97 Å². The second kappa shape index (κ2) is 4.93. The van der Waals surface area contributed by atoms with Crippen LogP contribution >= 0.6 is 0 Å². The number of aromatic nitrogens is 2. The van der Waals surface area contributed by atoms with Crippen molar-refractivity contribution >= 4 is 0 Å². The molecule has 0 amide bonds. The van der Waals surface area contributed by atoms with Crippen molar-refractivity contribution in [3.05, 3.63) is 22.7 Å². The molecule has 1 aromatic heterocycles. The van der Waals surface area contributed by atoms with Crippen molar-refractivity contribution in [2.75, 3.05) is 13.7 Å². The number of rotatable bonds is 5. The van der Waals surface area contributed by atoms with Gasteiger partial charge in [-0.3, -0.25) is 4.79 Å². The SMILES string of the molecule is COC(C)(C)CCOc1ncc[nH]c1=O. The first-order valence-corrected chi connectivity index (χ1v) is 4.77. The van der Waals surface area contributed by atoms with E-state index in [-0.39, 0.29) is 17.0 Å². The van der Waals surface area contributed by atoms with E-state index in [4.69, 9.17) is 9.47 Å². The Morgan fingerprint density at radius 1 is 1.53 bits per heavy atom. The van der Waals surface area contributed by atoms with Gasteiger partial charge < -0.3 is 14.5 Å². The Bertz CT molecular complexity index is 360. The lowest BCUT2D eigenvalue weighted by Gasteiger charge is -2.22. The molecule has 0 atom stereocenters. The topological polar surface area (TPSA) is 64.2 Å². The van der Waals surface area contributed by atoms with Gasteiger partial charge in [-0.1, -0.05) is 0 Å². The molecule has 0 aliphatic carbocycles. The van der Waals surface area contributed by atoms with E-state index in [9.17, 15) is 4.79 Å². The van der Waals surface area contributed by atoms with Crippen molar-refractivity contribution in [2.45, 2.75) is 25.9 Å². The fourth-order valence-corrected chi connectivity index (χ4v) is 0.937. The number of aromatic amines is 1. The largest absolute Gasteiger partial charge is 0.474 e. The molecule has 0 aromatic carbocycles. The summed E-state index contributed by atoms with van der Waals surface area (Å²) in [6, 6.07) is 0. The number of hydrogen-bond donors (Lipinski definition) is 1. The summed E-state index contributed by atoms with van der Waals surface area (Å²) in [6.45, 7) is 4.32. The van der Waals surface area contributed by atoms with Gasteiger partial charge in [0.2, 0.25) is 0 Å². The standard InChI is InChI=1S/C10H16N2O3/c1-10(2,14-3)4-7-15-9-8(13)11-5-6-12-9/h5-6H,4,7H2,1-3H3,(H,11,13). The van der Waals surface area contributed by atoms with E-state index in [0.717, 1.165) is 0 Å². The Hall–Kier alpha value is -1.36. The highest BCUT2D eigenvalue weighted by molar-refractivity contribution is 5.02. The van der Waals surface area contributed by atoms with Crippen molar-refractivity contribution in [1.29, 1.82) is 0 Å². The molecular formula is C10H16N2O3. The second-order valence-corrected chi connectivity index (χ2v) is 3.79. The Labute approximate surface area is 88.4 Å². The highest BCUT2D eigenvalue weighted by atomic mass is 16.5. The van der Waals surface area contributed by atoms with E-state index in [1.807, 2.05) is 13.8 Å². The summed E-state index contributed by atoms with van der Waals surface area (Å²) in [5, 5.41) is 0. The van der Waals surface area contributed by atoms with Gasteiger partial charge in [-0.2, -0.15) is 0 Å². The molecule has 1 heterocycles. The second-order valence-electron chi connectivity index (χ2n) is 3.79. The quantitative estimate of drug-likeness (QED) is 0.789. The molecule has 84 valence electrons. The van der Waals surface area contributed by atoms with Gasteiger partial charge >= 0.3 is 5.56 Å². The maximum Gasteiger partial charge on any atom is 0.310 e. The fraction of sp³-hybridized carbons (Fsp3) is 0.600. The summed E-state index contributed by atoms with van der Waals surface area (Å²) in [5.74, 6) is 0.101. The van der Waals surface area contributed by atoms with E-state index >= 15 is 0 Å². The first-order valence-electron chi connectivity index (χ1n) is 4.77. The summed E-state index contributed by atoms with van der Waals surface area (Å²) in [7, 11) is 1.65. The number of methoxy groups -OCH3 is 1. The maximum atomic E-state index is 11.2. The molecule has 0 saturated carbocycles. The molecule has 5 heteroatoms. The van der Waals surface area contributed by atoms with Gasteiger partial charge in [-0.15, -0.1) is 0 Å². The van der Waals surface area contributed by atoms with E-state index in [1.165, 1.54) is 12.4 Å². The lowest BCUT2D eigenvalue weighted by atomic mass is 10.1. The highest BCUT2D eigenvalue weighted by Gasteiger charge is 2.16. The molecule has 1 N–H and O–H groups in total. The van der Waals surface area contributed by atoms with Crippen molar-refractivity contribution < 1.29 is 9.47 Å². The van der Waals surface area contributed by atoms with Crippen LogP contribution in [0.2, 0.25) is 0 Å². The number of nitrogens with zero attached hydrogens (tertiary/aromatic N) is 1. The zero-order valence-electron chi connectivity index (χ0n) is 9.24. The normalized spacial score (nSPS) is 11.4. The van der Waals surface area contributed by atoms with Gasteiger partial charge in [0.15, 0.2) is 0 Å². The molecule has 0 bridgehead atoms. The summed E-state index contributed by atoms with van der Waals surface area (Å²) in [4.78, 5) is 17.5. The molecule has 0 radical (unpaired) electrons. The number of hydrogen-bond acceptors (Lipinski definition) is 4. The Morgan fingerprint density at radius 2 is 2.27 bits per heavy atom. The Morgan fingerprint density at radius 3 is 2.87 bits per heavy atom. The molecular weight excluding hydrogens is 196 g/mol. The van der Waals surface area contributed by atoms with Crippen LogP contribution in [0.15, 0.2) is 17.2 Å². The first kappa shape index (κ1) is 11.7. The lowest BCUT2D eigenvalue weighted by molar-refractivity contribution is 0.00494. The third kappa shape index (κ3) is 3.71. The summed E-state index contributed by atoms with van der Waals surface area (Å²) >= 11 is 0. The smallest absolute Gasteiger partial charge is 0.310 e. The molecule has 0 aliphatic rings. The summed E-state index contributed by atoms with van der Waals surface area (Å²) < 4.78 is 10.5. The highest BCUT2D eigenvalue weighted by Crippen LogP contribution is 2.12. The van der Waals surface area contributed by atoms with Gasteiger partial charge in [0.05, 0.1) is 12.2 Å². The van der Waals surface area contributed by atoms with Gasteiger partial charge in [0.1, 0.15) is 0 Å². The molecule has 0 saturated heterocycles. The molecule has 0 fully saturated rings. The minimum Gasteiger partial charge on any atom is -0.474 e. The summed E-state index contributed by atoms with van der Waals surface area (Å²) in [5.41, 5.74) is -0.561. The van der Waals surface area contributed by atoms with Crippen LogP contribution < -0.4 is 10.3 Å². The molecule has 5 nitrogen and oxygen atoms in total. The molecule has 0 spiro atoms. The van der Waals surface area contributed by atoms with E-state index in [1.54, 1.807) is 7.11 Å². The third-order valence-electron chi connectivity index (χ3n) is 2.17. The van der Waals surface area contributed by atoms with Crippen LogP contribution in [-0.4, -0.2) is 29.3 Å². The number of ether oxygens (including phenoxy) is 2. The minimum atomic E-state index is -0.312. The van der Waals surface area contributed by atoms with E-state index in [0.29, 0.717) is 13.0 Å². The molecule has 0 unspecified atom stereocenters. The predicted molar refractivity (Wildman–Crippen MR) is 56.1 cm³/mol. The van der Waals surface area contributed by atoms with Crippen LogP contribution in [0.4, 0.5) is 0 Å². The minimum absolute atomic E-state index is 0.101. The van der Waals surface area contributed by atoms with Crippen LogP contribution in [-0.2, 0) is 4.74 Å². The first-order chi connectivity index (χ1) is 7.05. The van der Waals surface area contributed by atoms with Crippen molar-refractivity contribution in [1.82, 2.24) is 9.97 Å². The lowest BCUT2D eigenvalue weighted by Crippen LogP contribution is -2.26. The Balaban J connectivity index is 2.45. The van der Waals surface area contributed by atoms with E-state index < -0.39 is 0 Å². The Kier molecular flexibility index (Phi) is 3.85. The van der Waals surface area contributed by atoms with Gasteiger partial charge in [-0.25, -0.2) is 4.98 Å². The number of nitrogens with one attached hydrogen (secondary N) is 1. The monoisotopic (exact) mass is 212 g/mol. The number of H-pyrrole nitrogens is 1. The van der Waals surface area contributed by atoms with Crippen molar-refractivity contribution in [3.63, 3.8) is 0 Å². The fourth-order valence-electron chi connectivity index (χ4n) is 0.937. The van der Waals surface area contributed by atoms with Gasteiger partial charge in [0, 0.05) is 25.9 Å². The maximum absolute atomic E-state index is 11.2. The predicted octanol–water partition coefficient (Wildman–Crippen LogP) is 0.964. The molecule has 15 heavy (non-hydrogen) atoms.